The average Bonchev–Trinajstić information content (AvgIpc) is 2.39. The third-order valence-electron chi connectivity index (χ3n) is 3.49. The first-order chi connectivity index (χ1) is 11.1. The Morgan fingerprint density at radius 1 is 1.12 bits per heavy atom. The molecule has 0 radical (unpaired) electrons. The van der Waals surface area contributed by atoms with Gasteiger partial charge in [-0.15, -0.1) is 0 Å². The van der Waals surface area contributed by atoms with Crippen molar-refractivity contribution in [3.05, 3.63) is 48.1 Å². The molecule has 1 amide bonds. The summed E-state index contributed by atoms with van der Waals surface area (Å²) in [5.74, 6) is -0.515. The van der Waals surface area contributed by atoms with Crippen LogP contribution in [-0.4, -0.2) is 54.7 Å². The quantitative estimate of drug-likeness (QED) is 0.680. The summed E-state index contributed by atoms with van der Waals surface area (Å²) >= 11 is 0. The highest BCUT2D eigenvalue weighted by Gasteiger charge is 2.22. The number of hydrogen-bond acceptors (Lipinski definition) is 4. The number of carbonyl (C=O) groups is 1. The molecule has 0 saturated heterocycles. The Morgan fingerprint density at radius 3 is 2.38 bits per heavy atom. The predicted molar refractivity (Wildman–Crippen MR) is 96.3 cm³/mol. The van der Waals surface area contributed by atoms with Crippen LogP contribution in [0.25, 0.3) is 0 Å². The molecule has 1 aliphatic rings. The van der Waals surface area contributed by atoms with Gasteiger partial charge in [0.1, 0.15) is 0 Å². The third kappa shape index (κ3) is 8.24. The molecule has 2 N–H and O–H groups in total. The van der Waals surface area contributed by atoms with Crippen molar-refractivity contribution in [3.8, 4) is 0 Å². The summed E-state index contributed by atoms with van der Waals surface area (Å²) in [7, 11) is -4.01. The van der Waals surface area contributed by atoms with E-state index in [0.29, 0.717) is 18.7 Å². The van der Waals surface area contributed by atoms with Crippen LogP contribution < -0.4 is 5.32 Å². The molecular formula is C17H26N2O4S. The van der Waals surface area contributed by atoms with E-state index in [1.165, 1.54) is 0 Å². The highest BCUT2D eigenvalue weighted by Crippen LogP contribution is 2.12. The molecule has 134 valence electrons. The van der Waals surface area contributed by atoms with Crippen molar-refractivity contribution >= 4 is 16.0 Å². The Balaban J connectivity index is 2.56. The molecule has 0 aromatic heterocycles. The highest BCUT2D eigenvalue weighted by molar-refractivity contribution is 7.85. The van der Waals surface area contributed by atoms with E-state index in [1.54, 1.807) is 24.3 Å². The van der Waals surface area contributed by atoms with Gasteiger partial charge in [0.2, 0.25) is 0 Å². The van der Waals surface area contributed by atoms with E-state index in [-0.39, 0.29) is 23.7 Å². The van der Waals surface area contributed by atoms with Crippen LogP contribution in [0.2, 0.25) is 0 Å². The van der Waals surface area contributed by atoms with Gasteiger partial charge in [-0.05, 0) is 32.9 Å². The van der Waals surface area contributed by atoms with Crippen molar-refractivity contribution in [2.24, 2.45) is 0 Å². The summed E-state index contributed by atoms with van der Waals surface area (Å²) in [6.07, 6.45) is 12.6. The SMILES string of the molecule is CC(C)(C)N(CCNC(=O)C1=C/C=C\C=C/C=C\1)CCS(=O)(=O)O. The zero-order valence-corrected chi connectivity index (χ0v) is 15.2. The number of hydrogen-bond donors (Lipinski definition) is 2. The Kier molecular flexibility index (Phi) is 7.59. The van der Waals surface area contributed by atoms with Gasteiger partial charge >= 0.3 is 0 Å². The fraction of sp³-hybridized carbons (Fsp3) is 0.471. The first-order valence-electron chi connectivity index (χ1n) is 7.80. The van der Waals surface area contributed by atoms with Gasteiger partial charge in [-0.2, -0.15) is 8.42 Å². The van der Waals surface area contributed by atoms with E-state index in [4.69, 9.17) is 4.55 Å². The summed E-state index contributed by atoms with van der Waals surface area (Å²) in [6, 6.07) is 0. The average molecular weight is 354 g/mol. The number of nitrogens with one attached hydrogen (secondary N) is 1. The van der Waals surface area contributed by atoms with E-state index in [0.717, 1.165) is 0 Å². The summed E-state index contributed by atoms with van der Waals surface area (Å²) in [6.45, 7) is 6.93. The second-order valence-electron chi connectivity index (χ2n) is 6.45. The fourth-order valence-electron chi connectivity index (χ4n) is 2.13. The first kappa shape index (κ1) is 20.3. The number of amides is 1. The fourth-order valence-corrected chi connectivity index (χ4v) is 2.58. The lowest BCUT2D eigenvalue weighted by atomic mass is 10.1. The van der Waals surface area contributed by atoms with Crippen LogP contribution in [0, 0.1) is 0 Å². The van der Waals surface area contributed by atoms with Gasteiger partial charge in [-0.1, -0.05) is 30.4 Å². The molecule has 7 heteroatoms. The molecule has 24 heavy (non-hydrogen) atoms. The van der Waals surface area contributed by atoms with Crippen LogP contribution >= 0.6 is 0 Å². The standard InChI is InChI=1S/C17H26N2O4S/c1-17(2,3)19(13-14-24(21,22)23)12-11-18-16(20)15-9-7-5-4-6-8-10-15/h4-10H,11-14H2,1-3H3,(H,18,20)(H,21,22,23)/b5-4-,6-4?,7-5?,8-6-,9-7-,10-8?,15-9?,15-10+. The Labute approximate surface area is 144 Å². The molecule has 0 heterocycles. The predicted octanol–water partition coefficient (Wildman–Crippen LogP) is 1.70. The highest BCUT2D eigenvalue weighted by atomic mass is 32.2. The lowest BCUT2D eigenvalue weighted by molar-refractivity contribution is -0.117. The number of carbonyl (C=O) groups excluding carboxylic acids is 1. The lowest BCUT2D eigenvalue weighted by Gasteiger charge is -2.35. The molecule has 0 aromatic carbocycles. The maximum atomic E-state index is 12.2. The third-order valence-corrected chi connectivity index (χ3v) is 4.19. The van der Waals surface area contributed by atoms with Crippen LogP contribution in [0.1, 0.15) is 20.8 Å². The van der Waals surface area contributed by atoms with Crippen molar-refractivity contribution in [1.29, 1.82) is 0 Å². The number of allylic oxidation sites excluding steroid dienone is 6. The molecule has 0 bridgehead atoms. The second-order valence-corrected chi connectivity index (χ2v) is 8.02. The minimum absolute atomic E-state index is 0.185. The van der Waals surface area contributed by atoms with Crippen molar-refractivity contribution in [2.45, 2.75) is 26.3 Å². The summed E-state index contributed by atoms with van der Waals surface area (Å²) in [4.78, 5) is 14.1. The zero-order valence-electron chi connectivity index (χ0n) is 14.4. The smallest absolute Gasteiger partial charge is 0.266 e. The Morgan fingerprint density at radius 2 is 1.75 bits per heavy atom. The summed E-state index contributed by atoms with van der Waals surface area (Å²) in [5, 5.41) is 2.83. The van der Waals surface area contributed by atoms with E-state index >= 15 is 0 Å². The van der Waals surface area contributed by atoms with Gasteiger partial charge in [-0.3, -0.25) is 14.2 Å². The molecule has 1 aliphatic carbocycles. The van der Waals surface area contributed by atoms with Gasteiger partial charge in [0, 0.05) is 30.7 Å². The molecule has 6 nitrogen and oxygen atoms in total. The second kappa shape index (κ2) is 8.96. The van der Waals surface area contributed by atoms with Crippen LogP contribution in [0.5, 0.6) is 0 Å². The van der Waals surface area contributed by atoms with Crippen LogP contribution in [0.3, 0.4) is 0 Å². The summed E-state index contributed by atoms with van der Waals surface area (Å²) < 4.78 is 30.8. The normalized spacial score (nSPS) is 21.3. The van der Waals surface area contributed by atoms with Crippen molar-refractivity contribution < 1.29 is 17.8 Å². The van der Waals surface area contributed by atoms with Crippen LogP contribution in [0.4, 0.5) is 0 Å². The Hall–Kier alpha value is -1.70. The number of rotatable bonds is 7. The number of nitrogens with zero attached hydrogens (tertiary/aromatic N) is 1. The van der Waals surface area contributed by atoms with Gasteiger partial charge in [0.25, 0.3) is 16.0 Å². The molecule has 0 unspecified atom stereocenters. The van der Waals surface area contributed by atoms with E-state index in [2.05, 4.69) is 5.32 Å². The molecule has 0 aliphatic heterocycles. The topological polar surface area (TPSA) is 86.7 Å². The lowest BCUT2D eigenvalue weighted by Crippen LogP contribution is -2.47. The van der Waals surface area contributed by atoms with Gasteiger partial charge in [0.05, 0.1) is 5.75 Å². The van der Waals surface area contributed by atoms with Gasteiger partial charge in [-0.25, -0.2) is 0 Å². The molecule has 0 aromatic rings. The monoisotopic (exact) mass is 354 g/mol. The zero-order chi connectivity index (χ0) is 18.2. The molecule has 0 spiro atoms. The van der Waals surface area contributed by atoms with Crippen LogP contribution in [-0.2, 0) is 14.9 Å². The van der Waals surface area contributed by atoms with E-state index < -0.39 is 10.1 Å². The van der Waals surface area contributed by atoms with Crippen molar-refractivity contribution in [3.63, 3.8) is 0 Å². The molecule has 1 rings (SSSR count). The van der Waals surface area contributed by atoms with Gasteiger partial charge < -0.3 is 5.32 Å². The summed E-state index contributed by atoms with van der Waals surface area (Å²) in [5.41, 5.74) is 0.276. The van der Waals surface area contributed by atoms with E-state index in [1.807, 2.05) is 43.9 Å². The maximum absolute atomic E-state index is 12.2. The largest absolute Gasteiger partial charge is 0.351 e. The first-order valence-corrected chi connectivity index (χ1v) is 9.40. The maximum Gasteiger partial charge on any atom is 0.266 e. The van der Waals surface area contributed by atoms with Crippen LogP contribution in [0.15, 0.2) is 48.1 Å². The van der Waals surface area contributed by atoms with Gasteiger partial charge in [0.15, 0.2) is 0 Å². The minimum Gasteiger partial charge on any atom is -0.351 e. The molecule has 0 fully saturated rings. The van der Waals surface area contributed by atoms with Crippen molar-refractivity contribution in [2.75, 3.05) is 25.4 Å². The molecular weight excluding hydrogens is 328 g/mol. The Bertz CT molecular complexity index is 653. The minimum atomic E-state index is -4.01. The molecule has 0 atom stereocenters. The van der Waals surface area contributed by atoms with E-state index in [9.17, 15) is 13.2 Å². The van der Waals surface area contributed by atoms with Crippen molar-refractivity contribution in [1.82, 2.24) is 10.2 Å². The molecule has 0 saturated carbocycles.